The Labute approximate surface area is 103 Å². The average Bonchev–Trinajstić information content (AvgIpc) is 3.19. The van der Waals surface area contributed by atoms with Crippen LogP contribution < -0.4 is 5.32 Å². The van der Waals surface area contributed by atoms with E-state index in [1.54, 1.807) is 0 Å². The van der Waals surface area contributed by atoms with Gasteiger partial charge in [0.2, 0.25) is 0 Å². The Morgan fingerprint density at radius 2 is 2.12 bits per heavy atom. The maximum atomic E-state index is 4.46. The highest BCUT2D eigenvalue weighted by atomic mass is 15.2. The van der Waals surface area contributed by atoms with Gasteiger partial charge in [-0.2, -0.15) is 0 Å². The highest BCUT2D eigenvalue weighted by Gasteiger charge is 2.27. The van der Waals surface area contributed by atoms with E-state index in [2.05, 4.69) is 34.0 Å². The first-order valence-electron chi connectivity index (χ1n) is 6.62. The number of anilines is 1. The van der Waals surface area contributed by atoms with E-state index in [0.717, 1.165) is 43.6 Å². The van der Waals surface area contributed by atoms with Gasteiger partial charge in [-0.25, -0.2) is 4.98 Å². The molecule has 1 aliphatic carbocycles. The molecule has 0 aromatic carbocycles. The second-order valence-corrected chi connectivity index (χ2v) is 4.61. The summed E-state index contributed by atoms with van der Waals surface area (Å²) < 4.78 is 0. The van der Waals surface area contributed by atoms with Crippen molar-refractivity contribution in [2.24, 2.45) is 0 Å². The average molecular weight is 234 g/mol. The van der Waals surface area contributed by atoms with Crippen molar-refractivity contribution in [3.05, 3.63) is 18.1 Å². The molecule has 1 heterocycles. The molecule has 1 aromatic heterocycles. The fourth-order valence-electron chi connectivity index (χ4n) is 1.93. The van der Waals surface area contributed by atoms with Gasteiger partial charge in [0.1, 0.15) is 5.82 Å². The molecule has 0 amide bonds. The first kappa shape index (κ1) is 12.3. The summed E-state index contributed by atoms with van der Waals surface area (Å²) >= 11 is 0. The van der Waals surface area contributed by atoms with Crippen molar-refractivity contribution in [2.75, 3.05) is 18.4 Å². The molecule has 1 saturated carbocycles. The third kappa shape index (κ3) is 3.66. The lowest BCUT2D eigenvalue weighted by Crippen LogP contribution is -2.25. The molecule has 0 radical (unpaired) electrons. The molecule has 0 saturated heterocycles. The molecule has 0 aliphatic heterocycles. The van der Waals surface area contributed by atoms with Crippen molar-refractivity contribution in [3.63, 3.8) is 0 Å². The van der Waals surface area contributed by atoms with Gasteiger partial charge < -0.3 is 5.32 Å². The molecule has 0 atom stereocenters. The van der Waals surface area contributed by atoms with Gasteiger partial charge in [-0.3, -0.25) is 9.88 Å². The van der Waals surface area contributed by atoms with Gasteiger partial charge in [0.05, 0.1) is 18.1 Å². The van der Waals surface area contributed by atoms with Crippen LogP contribution in [0.3, 0.4) is 0 Å². The molecule has 0 spiro atoms. The Kier molecular flexibility index (Phi) is 4.31. The van der Waals surface area contributed by atoms with Crippen LogP contribution in [-0.2, 0) is 6.54 Å². The van der Waals surface area contributed by atoms with Crippen molar-refractivity contribution in [2.45, 2.75) is 45.7 Å². The Balaban J connectivity index is 1.88. The molecule has 17 heavy (non-hydrogen) atoms. The second kappa shape index (κ2) is 5.96. The van der Waals surface area contributed by atoms with Crippen LogP contribution in [0.15, 0.2) is 12.4 Å². The van der Waals surface area contributed by atoms with E-state index in [1.807, 2.05) is 12.4 Å². The SMILES string of the molecule is CCCNc1cnc(CN(CC)C2CC2)cn1. The zero-order chi connectivity index (χ0) is 12.1. The normalized spacial score (nSPS) is 15.2. The van der Waals surface area contributed by atoms with Gasteiger partial charge >= 0.3 is 0 Å². The number of hydrogen-bond donors (Lipinski definition) is 1. The summed E-state index contributed by atoms with van der Waals surface area (Å²) in [6.07, 6.45) is 7.53. The first-order valence-corrected chi connectivity index (χ1v) is 6.62. The second-order valence-electron chi connectivity index (χ2n) is 4.61. The van der Waals surface area contributed by atoms with Crippen LogP contribution in [0.1, 0.15) is 38.8 Å². The molecule has 1 aliphatic rings. The molecular weight excluding hydrogens is 212 g/mol. The predicted octanol–water partition coefficient (Wildman–Crippen LogP) is 2.28. The molecule has 2 rings (SSSR count). The van der Waals surface area contributed by atoms with E-state index in [4.69, 9.17) is 0 Å². The summed E-state index contributed by atoms with van der Waals surface area (Å²) in [7, 11) is 0. The standard InChI is InChI=1S/C13H22N4/c1-3-7-14-13-9-15-11(8-16-13)10-17(4-2)12-5-6-12/h8-9,12H,3-7,10H2,1-2H3,(H,14,16). The van der Waals surface area contributed by atoms with Gasteiger partial charge in [0.15, 0.2) is 0 Å². The van der Waals surface area contributed by atoms with Gasteiger partial charge in [0, 0.05) is 19.1 Å². The minimum Gasteiger partial charge on any atom is -0.369 e. The highest BCUT2D eigenvalue weighted by Crippen LogP contribution is 2.27. The van der Waals surface area contributed by atoms with E-state index >= 15 is 0 Å². The molecule has 1 aromatic rings. The summed E-state index contributed by atoms with van der Waals surface area (Å²) in [6, 6.07) is 0.791. The summed E-state index contributed by atoms with van der Waals surface area (Å²) in [4.78, 5) is 11.3. The van der Waals surface area contributed by atoms with Crippen molar-refractivity contribution in [3.8, 4) is 0 Å². The van der Waals surface area contributed by atoms with Gasteiger partial charge in [-0.15, -0.1) is 0 Å². The Morgan fingerprint density at radius 3 is 2.65 bits per heavy atom. The molecule has 0 unspecified atom stereocenters. The van der Waals surface area contributed by atoms with E-state index in [1.165, 1.54) is 12.8 Å². The highest BCUT2D eigenvalue weighted by molar-refractivity contribution is 5.30. The molecule has 4 nitrogen and oxygen atoms in total. The maximum absolute atomic E-state index is 4.46. The fourth-order valence-corrected chi connectivity index (χ4v) is 1.93. The molecular formula is C13H22N4. The maximum Gasteiger partial charge on any atom is 0.144 e. The van der Waals surface area contributed by atoms with Crippen molar-refractivity contribution >= 4 is 5.82 Å². The zero-order valence-electron chi connectivity index (χ0n) is 10.8. The van der Waals surface area contributed by atoms with E-state index in [9.17, 15) is 0 Å². The van der Waals surface area contributed by atoms with Gasteiger partial charge in [-0.1, -0.05) is 13.8 Å². The number of rotatable bonds is 7. The number of nitrogens with one attached hydrogen (secondary N) is 1. The lowest BCUT2D eigenvalue weighted by atomic mass is 10.3. The van der Waals surface area contributed by atoms with Gasteiger partial charge in [0.25, 0.3) is 0 Å². The van der Waals surface area contributed by atoms with Crippen molar-refractivity contribution in [1.29, 1.82) is 0 Å². The van der Waals surface area contributed by atoms with E-state index in [-0.39, 0.29) is 0 Å². The Hall–Kier alpha value is -1.16. The summed E-state index contributed by atoms with van der Waals surface area (Å²) in [5, 5.41) is 3.24. The monoisotopic (exact) mass is 234 g/mol. The molecule has 1 fully saturated rings. The van der Waals surface area contributed by atoms with Crippen LogP contribution in [0.4, 0.5) is 5.82 Å². The van der Waals surface area contributed by atoms with E-state index < -0.39 is 0 Å². The van der Waals surface area contributed by atoms with Crippen LogP contribution in [0, 0.1) is 0 Å². The number of hydrogen-bond acceptors (Lipinski definition) is 4. The lowest BCUT2D eigenvalue weighted by Gasteiger charge is -2.18. The van der Waals surface area contributed by atoms with E-state index in [0.29, 0.717) is 0 Å². The van der Waals surface area contributed by atoms with Crippen LogP contribution in [-0.4, -0.2) is 34.0 Å². The third-order valence-corrected chi connectivity index (χ3v) is 3.10. The molecule has 94 valence electrons. The Morgan fingerprint density at radius 1 is 1.29 bits per heavy atom. The van der Waals surface area contributed by atoms with Crippen LogP contribution in [0.25, 0.3) is 0 Å². The lowest BCUT2D eigenvalue weighted by molar-refractivity contribution is 0.266. The smallest absolute Gasteiger partial charge is 0.144 e. The molecule has 0 bridgehead atoms. The quantitative estimate of drug-likeness (QED) is 0.786. The summed E-state index contributed by atoms with van der Waals surface area (Å²) in [5.41, 5.74) is 1.07. The van der Waals surface area contributed by atoms with Gasteiger partial charge in [-0.05, 0) is 25.8 Å². The van der Waals surface area contributed by atoms with Crippen LogP contribution >= 0.6 is 0 Å². The zero-order valence-corrected chi connectivity index (χ0v) is 10.8. The minimum absolute atomic E-state index is 0.791. The topological polar surface area (TPSA) is 41.1 Å². The first-order chi connectivity index (χ1) is 8.33. The fraction of sp³-hybridized carbons (Fsp3) is 0.692. The Bertz CT molecular complexity index is 332. The molecule has 1 N–H and O–H groups in total. The third-order valence-electron chi connectivity index (χ3n) is 3.10. The van der Waals surface area contributed by atoms with Crippen molar-refractivity contribution in [1.82, 2.24) is 14.9 Å². The minimum atomic E-state index is 0.791. The largest absolute Gasteiger partial charge is 0.369 e. The molecule has 4 heteroatoms. The summed E-state index contributed by atoms with van der Waals surface area (Å²) in [5.74, 6) is 0.880. The predicted molar refractivity (Wildman–Crippen MR) is 69.9 cm³/mol. The number of aromatic nitrogens is 2. The summed E-state index contributed by atoms with van der Waals surface area (Å²) in [6.45, 7) is 7.34. The van der Waals surface area contributed by atoms with Crippen LogP contribution in [0.5, 0.6) is 0 Å². The van der Waals surface area contributed by atoms with Crippen LogP contribution in [0.2, 0.25) is 0 Å². The van der Waals surface area contributed by atoms with Crippen molar-refractivity contribution < 1.29 is 0 Å². The number of nitrogens with zero attached hydrogens (tertiary/aromatic N) is 3.